The first kappa shape index (κ1) is 19.4. The molecule has 0 heterocycles. The Balaban J connectivity index is 2.31. The first-order valence-electron chi connectivity index (χ1n) is 7.49. The zero-order chi connectivity index (χ0) is 19.1. The van der Waals surface area contributed by atoms with Crippen molar-refractivity contribution in [2.24, 2.45) is 0 Å². The molecule has 130 valence electrons. The maximum absolute atomic E-state index is 12.4. The van der Waals surface area contributed by atoms with Gasteiger partial charge >= 0.3 is 0 Å². The monoisotopic (exact) mass is 384 g/mol. The summed E-state index contributed by atoms with van der Waals surface area (Å²) in [6.45, 7) is 1.91. The van der Waals surface area contributed by atoms with Crippen LogP contribution in [0.1, 0.15) is 11.1 Å². The van der Waals surface area contributed by atoms with Gasteiger partial charge in [0.2, 0.25) is 0 Å². The molecule has 1 amide bonds. The molecule has 0 spiro atoms. The summed E-state index contributed by atoms with van der Waals surface area (Å²) in [6, 6.07) is 11.8. The van der Waals surface area contributed by atoms with Crippen molar-refractivity contribution in [2.75, 3.05) is 11.9 Å². The van der Waals surface area contributed by atoms with Crippen LogP contribution < -0.4 is 10.1 Å². The number of carbonyl (C=O) groups is 1. The molecule has 2 aromatic carbocycles. The molecule has 0 saturated heterocycles. The summed E-state index contributed by atoms with van der Waals surface area (Å²) in [5.74, 6) is 2.21. The lowest BCUT2D eigenvalue weighted by molar-refractivity contribution is -0.112. The second-order valence-corrected chi connectivity index (χ2v) is 6.11. The van der Waals surface area contributed by atoms with Gasteiger partial charge in [0.25, 0.3) is 5.91 Å². The summed E-state index contributed by atoms with van der Waals surface area (Å²) < 4.78 is 5.42. The van der Waals surface area contributed by atoms with Crippen LogP contribution in [0.2, 0.25) is 10.0 Å². The van der Waals surface area contributed by atoms with Crippen molar-refractivity contribution < 1.29 is 9.53 Å². The van der Waals surface area contributed by atoms with Gasteiger partial charge in [-0.15, -0.1) is 6.42 Å². The van der Waals surface area contributed by atoms with Crippen LogP contribution in [0, 0.1) is 30.6 Å². The van der Waals surface area contributed by atoms with E-state index >= 15 is 0 Å². The number of nitrogens with zero attached hydrogens (tertiary/aromatic N) is 1. The molecular weight excluding hydrogens is 371 g/mol. The Bertz CT molecular complexity index is 953. The molecule has 6 heteroatoms. The Labute approximate surface area is 162 Å². The fourth-order valence-corrected chi connectivity index (χ4v) is 2.42. The van der Waals surface area contributed by atoms with Gasteiger partial charge in [0.15, 0.2) is 0 Å². The van der Waals surface area contributed by atoms with Gasteiger partial charge in [-0.3, -0.25) is 4.79 Å². The van der Waals surface area contributed by atoms with Crippen molar-refractivity contribution in [3.63, 3.8) is 0 Å². The first-order chi connectivity index (χ1) is 12.4. The van der Waals surface area contributed by atoms with E-state index in [0.29, 0.717) is 27.0 Å². The summed E-state index contributed by atoms with van der Waals surface area (Å²) in [7, 11) is 0. The molecule has 0 atom stereocenters. The highest BCUT2D eigenvalue weighted by Gasteiger charge is 2.12. The predicted molar refractivity (Wildman–Crippen MR) is 104 cm³/mol. The summed E-state index contributed by atoms with van der Waals surface area (Å²) in [4.78, 5) is 12.4. The molecule has 0 aliphatic heterocycles. The average Bonchev–Trinajstić information content (AvgIpc) is 2.62. The van der Waals surface area contributed by atoms with Crippen molar-refractivity contribution in [1.29, 1.82) is 5.26 Å². The molecule has 2 rings (SSSR count). The zero-order valence-corrected chi connectivity index (χ0v) is 15.4. The molecule has 4 nitrogen and oxygen atoms in total. The largest absolute Gasteiger partial charge is 0.480 e. The van der Waals surface area contributed by atoms with Gasteiger partial charge < -0.3 is 10.1 Å². The second-order valence-electron chi connectivity index (χ2n) is 5.26. The summed E-state index contributed by atoms with van der Waals surface area (Å²) in [5, 5.41) is 13.0. The Kier molecular flexibility index (Phi) is 6.69. The fourth-order valence-electron chi connectivity index (χ4n) is 2.06. The number of carbonyl (C=O) groups excluding carboxylic acids is 1. The SMILES string of the molecule is C#CCOc1ccc(Cl)cc1/C=C(\C#N)C(=O)Nc1ccc(C)c(Cl)c1. The Morgan fingerprint density at radius 2 is 2.08 bits per heavy atom. The molecule has 0 aliphatic rings. The molecule has 0 aliphatic carbocycles. The van der Waals surface area contributed by atoms with E-state index in [2.05, 4.69) is 11.2 Å². The van der Waals surface area contributed by atoms with E-state index in [1.807, 2.05) is 13.0 Å². The van der Waals surface area contributed by atoms with Gasteiger partial charge in [-0.1, -0.05) is 35.2 Å². The first-order valence-corrected chi connectivity index (χ1v) is 8.25. The second kappa shape index (κ2) is 8.97. The number of nitriles is 1. The zero-order valence-electron chi connectivity index (χ0n) is 13.8. The third kappa shape index (κ3) is 5.04. The predicted octanol–water partition coefficient (Wildman–Crippen LogP) is 4.86. The summed E-state index contributed by atoms with van der Waals surface area (Å²) >= 11 is 12.0. The minimum atomic E-state index is -0.574. The Hall–Kier alpha value is -2.92. The third-order valence-corrected chi connectivity index (χ3v) is 4.02. The maximum Gasteiger partial charge on any atom is 0.266 e. The highest BCUT2D eigenvalue weighted by Crippen LogP contribution is 2.26. The molecule has 0 bridgehead atoms. The molecule has 0 fully saturated rings. The lowest BCUT2D eigenvalue weighted by Gasteiger charge is -2.09. The average molecular weight is 385 g/mol. The van der Waals surface area contributed by atoms with E-state index < -0.39 is 5.91 Å². The fraction of sp³-hybridized carbons (Fsp3) is 0.100. The molecular formula is C20H14Cl2N2O2. The van der Waals surface area contributed by atoms with Crippen LogP contribution in [0.15, 0.2) is 42.0 Å². The lowest BCUT2D eigenvalue weighted by atomic mass is 10.1. The van der Waals surface area contributed by atoms with Crippen molar-refractivity contribution >= 4 is 40.9 Å². The number of aryl methyl sites for hydroxylation is 1. The van der Waals surface area contributed by atoms with Crippen LogP contribution >= 0.6 is 23.2 Å². The van der Waals surface area contributed by atoms with E-state index in [-0.39, 0.29) is 12.2 Å². The number of nitrogens with one attached hydrogen (secondary N) is 1. The van der Waals surface area contributed by atoms with E-state index in [1.54, 1.807) is 36.4 Å². The van der Waals surface area contributed by atoms with Gasteiger partial charge in [-0.05, 0) is 48.9 Å². The summed E-state index contributed by atoms with van der Waals surface area (Å²) in [6.07, 6.45) is 6.59. The van der Waals surface area contributed by atoms with E-state index in [0.717, 1.165) is 5.56 Å². The molecule has 2 aromatic rings. The minimum absolute atomic E-state index is 0.0540. The smallest absolute Gasteiger partial charge is 0.266 e. The maximum atomic E-state index is 12.4. The number of halogens is 2. The quantitative estimate of drug-likeness (QED) is 0.454. The van der Waals surface area contributed by atoms with Gasteiger partial charge in [-0.2, -0.15) is 5.26 Å². The van der Waals surface area contributed by atoms with E-state index in [4.69, 9.17) is 34.4 Å². The van der Waals surface area contributed by atoms with Crippen LogP contribution in [0.25, 0.3) is 6.08 Å². The minimum Gasteiger partial charge on any atom is -0.480 e. The Morgan fingerprint density at radius 1 is 1.31 bits per heavy atom. The van der Waals surface area contributed by atoms with Crippen molar-refractivity contribution in [3.05, 3.63) is 63.1 Å². The number of hydrogen-bond donors (Lipinski definition) is 1. The highest BCUT2D eigenvalue weighted by molar-refractivity contribution is 6.31. The standard InChI is InChI=1S/C20H14Cl2N2O2/c1-3-8-26-19-7-5-16(21)10-14(19)9-15(12-23)20(25)24-17-6-4-13(2)18(22)11-17/h1,4-7,9-11H,8H2,2H3,(H,24,25)/b15-9+. The van der Waals surface area contributed by atoms with E-state index in [1.165, 1.54) is 6.08 Å². The molecule has 1 N–H and O–H groups in total. The molecule has 0 radical (unpaired) electrons. The van der Waals surface area contributed by atoms with Crippen LogP contribution in [0.5, 0.6) is 5.75 Å². The topological polar surface area (TPSA) is 62.1 Å². The normalized spacial score (nSPS) is 10.6. The van der Waals surface area contributed by atoms with Crippen molar-refractivity contribution in [3.8, 4) is 24.2 Å². The molecule has 0 aromatic heterocycles. The number of ether oxygens (including phenoxy) is 1. The van der Waals surface area contributed by atoms with Gasteiger partial charge in [-0.25, -0.2) is 0 Å². The van der Waals surface area contributed by atoms with Gasteiger partial charge in [0, 0.05) is 21.3 Å². The molecule has 0 saturated carbocycles. The molecule has 0 unspecified atom stereocenters. The van der Waals surface area contributed by atoms with Crippen LogP contribution in [-0.4, -0.2) is 12.5 Å². The Morgan fingerprint density at radius 3 is 2.73 bits per heavy atom. The van der Waals surface area contributed by atoms with Crippen LogP contribution in [-0.2, 0) is 4.79 Å². The lowest BCUT2D eigenvalue weighted by Crippen LogP contribution is -2.13. The number of terminal acetylenes is 1. The van der Waals surface area contributed by atoms with Crippen LogP contribution in [0.4, 0.5) is 5.69 Å². The molecule has 26 heavy (non-hydrogen) atoms. The number of amides is 1. The van der Waals surface area contributed by atoms with Crippen LogP contribution in [0.3, 0.4) is 0 Å². The summed E-state index contributed by atoms with van der Waals surface area (Å²) in [5.41, 5.74) is 1.73. The number of rotatable bonds is 5. The number of benzene rings is 2. The van der Waals surface area contributed by atoms with Gasteiger partial charge in [0.05, 0.1) is 0 Å². The van der Waals surface area contributed by atoms with Crippen molar-refractivity contribution in [2.45, 2.75) is 6.92 Å². The third-order valence-electron chi connectivity index (χ3n) is 3.38. The number of anilines is 1. The van der Waals surface area contributed by atoms with E-state index in [9.17, 15) is 10.1 Å². The van der Waals surface area contributed by atoms with Gasteiger partial charge in [0.1, 0.15) is 24.0 Å². The van der Waals surface area contributed by atoms with Crippen molar-refractivity contribution in [1.82, 2.24) is 0 Å². The highest BCUT2D eigenvalue weighted by atomic mass is 35.5. The number of hydrogen-bond acceptors (Lipinski definition) is 3.